The Hall–Kier alpha value is -0.610. The van der Waals surface area contributed by atoms with Crippen LogP contribution in [-0.2, 0) is 9.53 Å². The predicted octanol–water partition coefficient (Wildman–Crippen LogP) is 2.31. The standard InChI is InChI=1S/C16H30N2O2/c1-4-20-15(19)16(17)10-9-13(11-16)18(3)14-8-6-5-7-12(14)2/h12-14H,4-11,17H2,1-3H3. The number of esters is 1. The predicted molar refractivity (Wildman–Crippen MR) is 80.4 cm³/mol. The topological polar surface area (TPSA) is 55.6 Å². The Morgan fingerprint density at radius 1 is 1.35 bits per heavy atom. The van der Waals surface area contributed by atoms with E-state index in [9.17, 15) is 4.79 Å². The van der Waals surface area contributed by atoms with Crippen LogP contribution >= 0.6 is 0 Å². The van der Waals surface area contributed by atoms with Gasteiger partial charge in [0.25, 0.3) is 0 Å². The quantitative estimate of drug-likeness (QED) is 0.804. The SMILES string of the molecule is CCOC(=O)C1(N)CCC(N(C)C2CCCCC2C)C1. The summed E-state index contributed by atoms with van der Waals surface area (Å²) >= 11 is 0. The largest absolute Gasteiger partial charge is 0.465 e. The van der Waals surface area contributed by atoms with Crippen molar-refractivity contribution in [3.63, 3.8) is 0 Å². The maximum Gasteiger partial charge on any atom is 0.326 e. The molecule has 4 atom stereocenters. The molecule has 2 saturated carbocycles. The van der Waals surface area contributed by atoms with Gasteiger partial charge in [0.2, 0.25) is 0 Å². The Kier molecular flexibility index (Phi) is 5.08. The molecule has 0 heterocycles. The van der Waals surface area contributed by atoms with E-state index in [0.717, 1.165) is 25.2 Å². The third-order valence-electron chi connectivity index (χ3n) is 5.37. The molecule has 4 unspecified atom stereocenters. The van der Waals surface area contributed by atoms with Crippen molar-refractivity contribution >= 4 is 5.97 Å². The Morgan fingerprint density at radius 3 is 2.70 bits per heavy atom. The molecule has 2 N–H and O–H groups in total. The second-order valence-corrected chi connectivity index (χ2v) is 6.77. The maximum atomic E-state index is 12.0. The molecular weight excluding hydrogens is 252 g/mol. The van der Waals surface area contributed by atoms with Gasteiger partial charge in [-0.15, -0.1) is 0 Å². The molecule has 0 amide bonds. The Balaban J connectivity index is 1.96. The monoisotopic (exact) mass is 282 g/mol. The first-order chi connectivity index (χ1) is 9.48. The van der Waals surface area contributed by atoms with Crippen molar-refractivity contribution in [2.75, 3.05) is 13.7 Å². The lowest BCUT2D eigenvalue weighted by Gasteiger charge is -2.40. The molecule has 0 aromatic heterocycles. The van der Waals surface area contributed by atoms with E-state index in [2.05, 4.69) is 18.9 Å². The van der Waals surface area contributed by atoms with Crippen molar-refractivity contribution in [3.05, 3.63) is 0 Å². The van der Waals surface area contributed by atoms with E-state index in [-0.39, 0.29) is 5.97 Å². The van der Waals surface area contributed by atoms with Gasteiger partial charge in [-0.1, -0.05) is 19.8 Å². The molecule has 0 saturated heterocycles. The Bertz CT molecular complexity index is 347. The Morgan fingerprint density at radius 2 is 2.05 bits per heavy atom. The zero-order chi connectivity index (χ0) is 14.8. The van der Waals surface area contributed by atoms with Crippen LogP contribution in [0.4, 0.5) is 0 Å². The second kappa shape index (κ2) is 6.44. The first-order valence-electron chi connectivity index (χ1n) is 8.16. The molecule has 0 aromatic rings. The van der Waals surface area contributed by atoms with Gasteiger partial charge in [-0.2, -0.15) is 0 Å². The lowest BCUT2D eigenvalue weighted by molar-refractivity contribution is -0.149. The smallest absolute Gasteiger partial charge is 0.326 e. The first-order valence-corrected chi connectivity index (χ1v) is 8.16. The van der Waals surface area contributed by atoms with Gasteiger partial charge >= 0.3 is 5.97 Å². The molecule has 0 aromatic carbocycles. The molecule has 2 rings (SSSR count). The first kappa shape index (κ1) is 15.8. The Labute approximate surface area is 123 Å². The fourth-order valence-corrected chi connectivity index (χ4v) is 4.03. The summed E-state index contributed by atoms with van der Waals surface area (Å²) in [5.74, 6) is 0.539. The van der Waals surface area contributed by atoms with E-state index in [1.54, 1.807) is 0 Å². The van der Waals surface area contributed by atoms with Gasteiger partial charge in [-0.05, 0) is 52.0 Å². The van der Waals surface area contributed by atoms with Crippen molar-refractivity contribution in [2.45, 2.75) is 76.4 Å². The molecule has 0 aliphatic heterocycles. The fourth-order valence-electron chi connectivity index (χ4n) is 4.03. The minimum absolute atomic E-state index is 0.215. The normalized spacial score (nSPS) is 38.1. The highest BCUT2D eigenvalue weighted by atomic mass is 16.5. The van der Waals surface area contributed by atoms with Crippen molar-refractivity contribution in [1.29, 1.82) is 0 Å². The van der Waals surface area contributed by atoms with E-state index in [0.29, 0.717) is 18.7 Å². The highest BCUT2D eigenvalue weighted by molar-refractivity contribution is 5.81. The van der Waals surface area contributed by atoms with Crippen LogP contribution in [0.3, 0.4) is 0 Å². The van der Waals surface area contributed by atoms with E-state index in [1.165, 1.54) is 25.7 Å². The van der Waals surface area contributed by atoms with Crippen molar-refractivity contribution in [3.8, 4) is 0 Å². The molecule has 0 bridgehead atoms. The summed E-state index contributed by atoms with van der Waals surface area (Å²) < 4.78 is 5.14. The molecule has 4 nitrogen and oxygen atoms in total. The molecule has 0 spiro atoms. The number of rotatable bonds is 4. The van der Waals surface area contributed by atoms with Gasteiger partial charge < -0.3 is 15.4 Å². The molecule has 2 aliphatic rings. The number of hydrogen-bond donors (Lipinski definition) is 1. The van der Waals surface area contributed by atoms with E-state index in [1.807, 2.05) is 6.92 Å². The zero-order valence-corrected chi connectivity index (χ0v) is 13.2. The van der Waals surface area contributed by atoms with Gasteiger partial charge in [0, 0.05) is 12.1 Å². The summed E-state index contributed by atoms with van der Waals surface area (Å²) in [5, 5.41) is 0. The van der Waals surface area contributed by atoms with Crippen LogP contribution in [0.2, 0.25) is 0 Å². The van der Waals surface area contributed by atoms with Crippen molar-refractivity contribution in [1.82, 2.24) is 4.90 Å². The molecule has 2 fully saturated rings. The summed E-state index contributed by atoms with van der Waals surface area (Å²) in [6, 6.07) is 1.08. The average molecular weight is 282 g/mol. The van der Waals surface area contributed by atoms with Crippen LogP contribution in [0, 0.1) is 5.92 Å². The second-order valence-electron chi connectivity index (χ2n) is 6.77. The maximum absolute atomic E-state index is 12.0. The number of hydrogen-bond acceptors (Lipinski definition) is 4. The van der Waals surface area contributed by atoms with E-state index in [4.69, 9.17) is 10.5 Å². The third kappa shape index (κ3) is 3.17. The highest BCUT2D eigenvalue weighted by Crippen LogP contribution is 2.36. The van der Waals surface area contributed by atoms with Crippen LogP contribution < -0.4 is 5.73 Å². The van der Waals surface area contributed by atoms with Crippen LogP contribution in [0.5, 0.6) is 0 Å². The third-order valence-corrected chi connectivity index (χ3v) is 5.37. The van der Waals surface area contributed by atoms with Crippen LogP contribution in [-0.4, -0.2) is 42.1 Å². The molecule has 20 heavy (non-hydrogen) atoms. The summed E-state index contributed by atoms with van der Waals surface area (Å²) in [7, 11) is 2.22. The van der Waals surface area contributed by atoms with Crippen LogP contribution in [0.15, 0.2) is 0 Å². The summed E-state index contributed by atoms with van der Waals surface area (Å²) in [4.78, 5) is 14.5. The van der Waals surface area contributed by atoms with Crippen molar-refractivity contribution in [2.24, 2.45) is 11.7 Å². The van der Waals surface area contributed by atoms with Crippen LogP contribution in [0.1, 0.15) is 58.8 Å². The van der Waals surface area contributed by atoms with Gasteiger partial charge in [-0.3, -0.25) is 4.79 Å². The van der Waals surface area contributed by atoms with Crippen molar-refractivity contribution < 1.29 is 9.53 Å². The number of nitrogens with zero attached hydrogens (tertiary/aromatic N) is 1. The lowest BCUT2D eigenvalue weighted by Crippen LogP contribution is -2.50. The van der Waals surface area contributed by atoms with E-state index < -0.39 is 5.54 Å². The van der Waals surface area contributed by atoms with Gasteiger partial charge in [0.15, 0.2) is 0 Å². The number of ether oxygens (including phenoxy) is 1. The van der Waals surface area contributed by atoms with Gasteiger partial charge in [-0.25, -0.2) is 0 Å². The van der Waals surface area contributed by atoms with Crippen LogP contribution in [0.25, 0.3) is 0 Å². The summed E-state index contributed by atoms with van der Waals surface area (Å²) in [6.07, 6.45) is 7.80. The minimum Gasteiger partial charge on any atom is -0.465 e. The van der Waals surface area contributed by atoms with E-state index >= 15 is 0 Å². The molecule has 4 heteroatoms. The number of carbonyl (C=O) groups excluding carboxylic acids is 1. The number of nitrogens with two attached hydrogens (primary N) is 1. The zero-order valence-electron chi connectivity index (χ0n) is 13.2. The number of carbonyl (C=O) groups is 1. The molecule has 0 radical (unpaired) electrons. The summed E-state index contributed by atoms with van der Waals surface area (Å²) in [5.41, 5.74) is 5.52. The highest BCUT2D eigenvalue weighted by Gasteiger charge is 2.45. The fraction of sp³-hybridized carbons (Fsp3) is 0.938. The molecule has 116 valence electrons. The van der Waals surface area contributed by atoms with Gasteiger partial charge in [0.05, 0.1) is 6.61 Å². The average Bonchev–Trinajstić information content (AvgIpc) is 2.83. The van der Waals surface area contributed by atoms with Gasteiger partial charge in [0.1, 0.15) is 5.54 Å². The molecular formula is C16H30N2O2. The molecule has 2 aliphatic carbocycles. The summed E-state index contributed by atoms with van der Waals surface area (Å²) in [6.45, 7) is 4.61. The lowest BCUT2D eigenvalue weighted by atomic mass is 9.84. The minimum atomic E-state index is -0.757.